The van der Waals surface area contributed by atoms with Crippen molar-refractivity contribution in [1.82, 2.24) is 5.32 Å². The fraction of sp³-hybridized carbons (Fsp3) is 0.923. The number of ether oxygens (including phenoxy) is 1. The monoisotopic (exact) mass is 231 g/mol. The van der Waals surface area contributed by atoms with E-state index in [-0.39, 0.29) is 6.09 Å². The highest BCUT2D eigenvalue weighted by atomic mass is 16.6. The number of hydrogen-bond donors (Lipinski definition) is 1. The van der Waals surface area contributed by atoms with Crippen molar-refractivity contribution < 1.29 is 9.53 Å². The number of amides is 1. The standard InChI is InChI=1S/C11H23NO2.C2H6/c1-5-6-7-8-9-12-10(13)14-11(2,3)4;1-2/h5-9H2,1-4H3,(H,12,13);1-2H3. The summed E-state index contributed by atoms with van der Waals surface area (Å²) in [7, 11) is 0. The highest BCUT2D eigenvalue weighted by molar-refractivity contribution is 5.67. The summed E-state index contributed by atoms with van der Waals surface area (Å²) in [6.07, 6.45) is 4.34. The second-order valence-electron chi connectivity index (χ2n) is 4.49. The summed E-state index contributed by atoms with van der Waals surface area (Å²) in [5.74, 6) is 0. The van der Waals surface area contributed by atoms with Gasteiger partial charge in [0.05, 0.1) is 0 Å². The molecule has 0 aliphatic carbocycles. The van der Waals surface area contributed by atoms with Crippen LogP contribution in [-0.4, -0.2) is 18.2 Å². The number of rotatable bonds is 5. The Bertz CT molecular complexity index is 162. The molecular formula is C13H29NO2. The van der Waals surface area contributed by atoms with Crippen LogP contribution in [0.2, 0.25) is 0 Å². The van der Waals surface area contributed by atoms with Crippen LogP contribution in [0.15, 0.2) is 0 Å². The highest BCUT2D eigenvalue weighted by Crippen LogP contribution is 2.06. The molecule has 0 aromatic carbocycles. The van der Waals surface area contributed by atoms with Gasteiger partial charge in [-0.1, -0.05) is 40.0 Å². The first-order chi connectivity index (χ1) is 7.45. The Morgan fingerprint density at radius 2 is 1.69 bits per heavy atom. The molecule has 98 valence electrons. The van der Waals surface area contributed by atoms with Crippen molar-refractivity contribution in [2.75, 3.05) is 6.54 Å². The minimum Gasteiger partial charge on any atom is -0.444 e. The molecule has 0 heterocycles. The van der Waals surface area contributed by atoms with Crippen LogP contribution in [0.4, 0.5) is 4.79 Å². The van der Waals surface area contributed by atoms with Gasteiger partial charge in [-0.25, -0.2) is 4.79 Å². The SMILES string of the molecule is CC.CCCCCCNC(=O)OC(C)(C)C. The first kappa shape index (κ1) is 17.7. The molecule has 0 spiro atoms. The van der Waals surface area contributed by atoms with Gasteiger partial charge < -0.3 is 10.1 Å². The summed E-state index contributed by atoms with van der Waals surface area (Å²) in [5.41, 5.74) is -0.395. The normalized spacial score (nSPS) is 10.1. The van der Waals surface area contributed by atoms with Gasteiger partial charge in [0.2, 0.25) is 0 Å². The van der Waals surface area contributed by atoms with E-state index in [0.717, 1.165) is 13.0 Å². The van der Waals surface area contributed by atoms with E-state index in [2.05, 4.69) is 12.2 Å². The van der Waals surface area contributed by atoms with Gasteiger partial charge in [0.25, 0.3) is 0 Å². The zero-order chi connectivity index (χ0) is 13.0. The van der Waals surface area contributed by atoms with Crippen molar-refractivity contribution in [3.8, 4) is 0 Å². The molecule has 3 heteroatoms. The van der Waals surface area contributed by atoms with Crippen molar-refractivity contribution in [2.24, 2.45) is 0 Å². The number of nitrogens with one attached hydrogen (secondary N) is 1. The molecule has 0 bridgehead atoms. The Kier molecular flexibility index (Phi) is 11.9. The third kappa shape index (κ3) is 15.7. The van der Waals surface area contributed by atoms with Crippen molar-refractivity contribution in [2.45, 2.75) is 72.8 Å². The van der Waals surface area contributed by atoms with Gasteiger partial charge in [-0.3, -0.25) is 0 Å². The summed E-state index contributed by atoms with van der Waals surface area (Å²) >= 11 is 0. The zero-order valence-corrected chi connectivity index (χ0v) is 11.9. The van der Waals surface area contributed by atoms with Gasteiger partial charge in [-0.05, 0) is 27.2 Å². The Morgan fingerprint density at radius 1 is 1.12 bits per heavy atom. The molecule has 1 amide bonds. The summed E-state index contributed by atoms with van der Waals surface area (Å²) in [5, 5.41) is 2.74. The van der Waals surface area contributed by atoms with E-state index in [1.165, 1.54) is 19.3 Å². The fourth-order valence-electron chi connectivity index (χ4n) is 1.06. The van der Waals surface area contributed by atoms with Crippen LogP contribution in [0.5, 0.6) is 0 Å². The van der Waals surface area contributed by atoms with Crippen molar-refractivity contribution >= 4 is 6.09 Å². The first-order valence-electron chi connectivity index (χ1n) is 6.42. The maximum atomic E-state index is 11.2. The smallest absolute Gasteiger partial charge is 0.407 e. The Labute approximate surface area is 101 Å². The molecule has 0 aromatic heterocycles. The molecule has 0 atom stereocenters. The predicted molar refractivity (Wildman–Crippen MR) is 69.7 cm³/mol. The summed E-state index contributed by atoms with van der Waals surface area (Å²) in [6, 6.07) is 0. The highest BCUT2D eigenvalue weighted by Gasteiger charge is 2.15. The van der Waals surface area contributed by atoms with Crippen LogP contribution in [0.1, 0.15) is 67.2 Å². The van der Waals surface area contributed by atoms with Gasteiger partial charge in [0.15, 0.2) is 0 Å². The molecule has 0 radical (unpaired) electrons. The number of carbonyl (C=O) groups is 1. The Hall–Kier alpha value is -0.730. The first-order valence-corrected chi connectivity index (χ1v) is 6.42. The second kappa shape index (κ2) is 10.8. The summed E-state index contributed by atoms with van der Waals surface area (Å²) in [6.45, 7) is 12.5. The quantitative estimate of drug-likeness (QED) is 0.723. The van der Waals surface area contributed by atoms with E-state index in [9.17, 15) is 4.79 Å². The molecule has 0 saturated heterocycles. The Balaban J connectivity index is 0. The van der Waals surface area contributed by atoms with Gasteiger partial charge in [-0.15, -0.1) is 0 Å². The third-order valence-corrected chi connectivity index (χ3v) is 1.70. The minimum atomic E-state index is -0.395. The number of alkyl carbamates (subject to hydrolysis) is 1. The van der Waals surface area contributed by atoms with Gasteiger partial charge in [0, 0.05) is 6.54 Å². The van der Waals surface area contributed by atoms with Crippen LogP contribution in [0.25, 0.3) is 0 Å². The van der Waals surface area contributed by atoms with E-state index < -0.39 is 5.60 Å². The molecule has 0 aliphatic rings. The molecule has 1 N–H and O–H groups in total. The zero-order valence-electron chi connectivity index (χ0n) is 11.9. The molecule has 0 saturated carbocycles. The fourth-order valence-corrected chi connectivity index (χ4v) is 1.06. The largest absolute Gasteiger partial charge is 0.444 e. The average Bonchev–Trinajstić information content (AvgIpc) is 2.18. The maximum Gasteiger partial charge on any atom is 0.407 e. The lowest BCUT2D eigenvalue weighted by molar-refractivity contribution is 0.0527. The van der Waals surface area contributed by atoms with Gasteiger partial charge in [0.1, 0.15) is 5.60 Å². The number of carbonyl (C=O) groups excluding carboxylic acids is 1. The van der Waals surface area contributed by atoms with Crippen LogP contribution in [0, 0.1) is 0 Å². The molecular weight excluding hydrogens is 202 g/mol. The molecule has 0 rings (SSSR count). The van der Waals surface area contributed by atoms with E-state index in [1.54, 1.807) is 0 Å². The van der Waals surface area contributed by atoms with E-state index >= 15 is 0 Å². The summed E-state index contributed by atoms with van der Waals surface area (Å²) < 4.78 is 5.09. The predicted octanol–water partition coefficient (Wildman–Crippen LogP) is 4.12. The third-order valence-electron chi connectivity index (χ3n) is 1.70. The molecule has 3 nitrogen and oxygen atoms in total. The van der Waals surface area contributed by atoms with Crippen molar-refractivity contribution in [3.63, 3.8) is 0 Å². The summed E-state index contributed by atoms with van der Waals surface area (Å²) in [4.78, 5) is 11.2. The van der Waals surface area contributed by atoms with E-state index in [0.29, 0.717) is 0 Å². The molecule has 16 heavy (non-hydrogen) atoms. The van der Waals surface area contributed by atoms with Crippen LogP contribution in [0.3, 0.4) is 0 Å². The van der Waals surface area contributed by atoms with Gasteiger partial charge >= 0.3 is 6.09 Å². The van der Waals surface area contributed by atoms with Crippen LogP contribution < -0.4 is 5.32 Å². The number of unbranched alkanes of at least 4 members (excludes halogenated alkanes) is 3. The molecule has 0 aliphatic heterocycles. The van der Waals surface area contributed by atoms with Crippen LogP contribution in [-0.2, 0) is 4.74 Å². The number of hydrogen-bond acceptors (Lipinski definition) is 2. The lowest BCUT2D eigenvalue weighted by Gasteiger charge is -2.19. The van der Waals surface area contributed by atoms with Crippen molar-refractivity contribution in [3.05, 3.63) is 0 Å². The molecule has 0 fully saturated rings. The van der Waals surface area contributed by atoms with Crippen LogP contribution >= 0.6 is 0 Å². The average molecular weight is 231 g/mol. The van der Waals surface area contributed by atoms with Crippen molar-refractivity contribution in [1.29, 1.82) is 0 Å². The lowest BCUT2D eigenvalue weighted by atomic mass is 10.2. The second-order valence-corrected chi connectivity index (χ2v) is 4.49. The lowest BCUT2D eigenvalue weighted by Crippen LogP contribution is -2.32. The van der Waals surface area contributed by atoms with Gasteiger partial charge in [-0.2, -0.15) is 0 Å². The Morgan fingerprint density at radius 3 is 2.12 bits per heavy atom. The molecule has 0 unspecified atom stereocenters. The minimum absolute atomic E-state index is 0.311. The topological polar surface area (TPSA) is 38.3 Å². The maximum absolute atomic E-state index is 11.2. The molecule has 0 aromatic rings. The van der Waals surface area contributed by atoms with E-state index in [1.807, 2.05) is 34.6 Å². The van der Waals surface area contributed by atoms with E-state index in [4.69, 9.17) is 4.74 Å².